The third-order valence-electron chi connectivity index (χ3n) is 3.06. The summed E-state index contributed by atoms with van der Waals surface area (Å²) in [6.07, 6.45) is -4.39. The lowest BCUT2D eigenvalue weighted by Crippen LogP contribution is -2.16. The molecule has 2 rings (SSSR count). The Morgan fingerprint density at radius 3 is 2.57 bits per heavy atom. The number of alkyl halides is 3. The zero-order valence-corrected chi connectivity index (χ0v) is 12.5. The van der Waals surface area contributed by atoms with Crippen molar-refractivity contribution in [3.8, 4) is 5.75 Å². The minimum Gasteiger partial charge on any atom is -0.493 e. The summed E-state index contributed by atoms with van der Waals surface area (Å²) in [6, 6.07) is 11.9. The highest BCUT2D eigenvalue weighted by Crippen LogP contribution is 2.30. The van der Waals surface area contributed by atoms with Gasteiger partial charge in [0.15, 0.2) is 0 Å². The number of carbonyl (C=O) groups is 1. The minimum atomic E-state index is -4.44. The number of amides is 1. The molecular formula is C17H16F3NO2. The highest BCUT2D eigenvalue weighted by molar-refractivity contribution is 5.90. The number of nitrogens with one attached hydrogen (secondary N) is 1. The summed E-state index contributed by atoms with van der Waals surface area (Å²) < 4.78 is 43.2. The van der Waals surface area contributed by atoms with E-state index in [1.807, 2.05) is 25.1 Å². The average Bonchev–Trinajstić information content (AvgIpc) is 2.46. The van der Waals surface area contributed by atoms with Gasteiger partial charge < -0.3 is 10.1 Å². The van der Waals surface area contributed by atoms with Crippen molar-refractivity contribution in [1.82, 2.24) is 0 Å². The van der Waals surface area contributed by atoms with Crippen LogP contribution in [0.25, 0.3) is 0 Å². The SMILES string of the molecule is Cc1cccc(OCCC(=O)Nc2cccc(C(F)(F)F)c2)c1. The van der Waals surface area contributed by atoms with E-state index in [0.717, 1.165) is 17.7 Å². The van der Waals surface area contributed by atoms with E-state index in [4.69, 9.17) is 4.74 Å². The first-order chi connectivity index (χ1) is 10.8. The Bertz CT molecular complexity index is 684. The Balaban J connectivity index is 1.85. The lowest BCUT2D eigenvalue weighted by Gasteiger charge is -2.10. The van der Waals surface area contributed by atoms with Crippen molar-refractivity contribution in [2.45, 2.75) is 19.5 Å². The Labute approximate surface area is 132 Å². The maximum atomic E-state index is 12.6. The molecule has 2 aromatic carbocycles. The number of rotatable bonds is 5. The number of hydrogen-bond acceptors (Lipinski definition) is 2. The molecular weight excluding hydrogens is 307 g/mol. The number of anilines is 1. The van der Waals surface area contributed by atoms with Crippen molar-refractivity contribution in [3.05, 3.63) is 59.7 Å². The number of benzene rings is 2. The third kappa shape index (κ3) is 5.32. The topological polar surface area (TPSA) is 38.3 Å². The summed E-state index contributed by atoms with van der Waals surface area (Å²) in [7, 11) is 0. The van der Waals surface area contributed by atoms with Crippen molar-refractivity contribution in [3.63, 3.8) is 0 Å². The largest absolute Gasteiger partial charge is 0.493 e. The van der Waals surface area contributed by atoms with Crippen LogP contribution in [0.1, 0.15) is 17.5 Å². The van der Waals surface area contributed by atoms with Gasteiger partial charge in [-0.05, 0) is 42.8 Å². The molecule has 0 aromatic heterocycles. The first-order valence-electron chi connectivity index (χ1n) is 7.01. The molecule has 0 atom stereocenters. The van der Waals surface area contributed by atoms with Crippen LogP contribution in [0.5, 0.6) is 5.75 Å². The van der Waals surface area contributed by atoms with Crippen molar-refractivity contribution < 1.29 is 22.7 Å². The molecule has 0 heterocycles. The zero-order chi connectivity index (χ0) is 16.9. The van der Waals surface area contributed by atoms with Gasteiger partial charge in [0.25, 0.3) is 0 Å². The molecule has 0 bridgehead atoms. The number of halogens is 3. The Morgan fingerprint density at radius 2 is 1.87 bits per heavy atom. The fourth-order valence-electron chi connectivity index (χ4n) is 1.96. The quantitative estimate of drug-likeness (QED) is 0.884. The number of hydrogen-bond donors (Lipinski definition) is 1. The van der Waals surface area contributed by atoms with Crippen molar-refractivity contribution in [2.24, 2.45) is 0 Å². The fourth-order valence-corrected chi connectivity index (χ4v) is 1.96. The van der Waals surface area contributed by atoms with E-state index in [1.54, 1.807) is 6.07 Å². The van der Waals surface area contributed by atoms with Crippen LogP contribution in [0.2, 0.25) is 0 Å². The van der Waals surface area contributed by atoms with E-state index in [1.165, 1.54) is 12.1 Å². The first kappa shape index (κ1) is 16.9. The normalized spacial score (nSPS) is 11.1. The van der Waals surface area contributed by atoms with Crippen LogP contribution in [0.15, 0.2) is 48.5 Å². The second kappa shape index (κ2) is 7.17. The van der Waals surface area contributed by atoms with Gasteiger partial charge in [-0.15, -0.1) is 0 Å². The van der Waals surface area contributed by atoms with Gasteiger partial charge in [0.2, 0.25) is 5.91 Å². The second-order valence-corrected chi connectivity index (χ2v) is 5.04. The van der Waals surface area contributed by atoms with Crippen LogP contribution in [-0.2, 0) is 11.0 Å². The summed E-state index contributed by atoms with van der Waals surface area (Å²) >= 11 is 0. The van der Waals surface area contributed by atoms with E-state index in [-0.39, 0.29) is 18.7 Å². The van der Waals surface area contributed by atoms with Gasteiger partial charge in [-0.3, -0.25) is 4.79 Å². The van der Waals surface area contributed by atoms with Crippen LogP contribution in [-0.4, -0.2) is 12.5 Å². The van der Waals surface area contributed by atoms with Gasteiger partial charge in [-0.2, -0.15) is 13.2 Å². The molecule has 2 aromatic rings. The smallest absolute Gasteiger partial charge is 0.416 e. The maximum absolute atomic E-state index is 12.6. The van der Waals surface area contributed by atoms with Crippen LogP contribution in [0, 0.1) is 6.92 Å². The summed E-state index contributed by atoms with van der Waals surface area (Å²) in [5.41, 5.74) is 0.350. The van der Waals surface area contributed by atoms with Crippen molar-refractivity contribution in [2.75, 3.05) is 11.9 Å². The maximum Gasteiger partial charge on any atom is 0.416 e. The molecule has 0 aliphatic rings. The van der Waals surface area contributed by atoms with E-state index in [2.05, 4.69) is 5.32 Å². The monoisotopic (exact) mass is 323 g/mol. The van der Waals surface area contributed by atoms with Crippen LogP contribution in [0.4, 0.5) is 18.9 Å². The van der Waals surface area contributed by atoms with Crippen LogP contribution >= 0.6 is 0 Å². The predicted octanol–water partition coefficient (Wildman–Crippen LogP) is 4.42. The molecule has 23 heavy (non-hydrogen) atoms. The number of aryl methyl sites for hydroxylation is 1. The average molecular weight is 323 g/mol. The lowest BCUT2D eigenvalue weighted by molar-refractivity contribution is -0.137. The molecule has 0 saturated carbocycles. The molecule has 122 valence electrons. The van der Waals surface area contributed by atoms with Gasteiger partial charge in [0, 0.05) is 5.69 Å². The van der Waals surface area contributed by atoms with Crippen LogP contribution < -0.4 is 10.1 Å². The highest BCUT2D eigenvalue weighted by atomic mass is 19.4. The molecule has 1 N–H and O–H groups in total. The minimum absolute atomic E-state index is 0.0458. The Hall–Kier alpha value is -2.50. The number of ether oxygens (including phenoxy) is 1. The van der Waals surface area contributed by atoms with Gasteiger partial charge in [-0.1, -0.05) is 18.2 Å². The Kier molecular flexibility index (Phi) is 5.26. The molecule has 0 aliphatic heterocycles. The van der Waals surface area contributed by atoms with Gasteiger partial charge in [0.1, 0.15) is 5.75 Å². The molecule has 0 unspecified atom stereocenters. The molecule has 0 fully saturated rings. The van der Waals surface area contributed by atoms with E-state index in [9.17, 15) is 18.0 Å². The zero-order valence-electron chi connectivity index (χ0n) is 12.5. The molecule has 0 radical (unpaired) electrons. The molecule has 0 aliphatic carbocycles. The molecule has 1 amide bonds. The van der Waals surface area contributed by atoms with Gasteiger partial charge >= 0.3 is 6.18 Å². The fraction of sp³-hybridized carbons (Fsp3) is 0.235. The third-order valence-corrected chi connectivity index (χ3v) is 3.06. The summed E-state index contributed by atoms with van der Waals surface area (Å²) in [4.78, 5) is 11.8. The van der Waals surface area contributed by atoms with Gasteiger partial charge in [-0.25, -0.2) is 0 Å². The van der Waals surface area contributed by atoms with Crippen LogP contribution in [0.3, 0.4) is 0 Å². The molecule has 0 saturated heterocycles. The Morgan fingerprint density at radius 1 is 1.13 bits per heavy atom. The lowest BCUT2D eigenvalue weighted by atomic mass is 10.2. The summed E-state index contributed by atoms with van der Waals surface area (Å²) in [6.45, 7) is 2.07. The standard InChI is InChI=1S/C17H16F3NO2/c1-12-4-2-7-15(10-12)23-9-8-16(22)21-14-6-3-5-13(11-14)17(18,19)20/h2-7,10-11H,8-9H2,1H3,(H,21,22). The second-order valence-electron chi connectivity index (χ2n) is 5.04. The van der Waals surface area contributed by atoms with Gasteiger partial charge in [0.05, 0.1) is 18.6 Å². The highest BCUT2D eigenvalue weighted by Gasteiger charge is 2.30. The molecule has 0 spiro atoms. The molecule has 3 nitrogen and oxygen atoms in total. The van der Waals surface area contributed by atoms with E-state index in [0.29, 0.717) is 5.75 Å². The summed E-state index contributed by atoms with van der Waals surface area (Å²) in [5.74, 6) is 0.244. The summed E-state index contributed by atoms with van der Waals surface area (Å²) in [5, 5.41) is 2.43. The molecule has 6 heteroatoms. The predicted molar refractivity (Wildman–Crippen MR) is 81.4 cm³/mol. The van der Waals surface area contributed by atoms with Crippen molar-refractivity contribution >= 4 is 11.6 Å². The number of carbonyl (C=O) groups excluding carboxylic acids is 1. The van der Waals surface area contributed by atoms with E-state index < -0.39 is 17.6 Å². The van der Waals surface area contributed by atoms with Crippen molar-refractivity contribution in [1.29, 1.82) is 0 Å². The first-order valence-corrected chi connectivity index (χ1v) is 7.01. The van der Waals surface area contributed by atoms with E-state index >= 15 is 0 Å².